The molecule has 5 heteroatoms. The fourth-order valence-electron chi connectivity index (χ4n) is 3.42. The summed E-state index contributed by atoms with van der Waals surface area (Å²) in [5, 5.41) is 2.85. The van der Waals surface area contributed by atoms with Crippen LogP contribution in [0.25, 0.3) is 0 Å². The quantitative estimate of drug-likeness (QED) is 0.794. The van der Waals surface area contributed by atoms with Gasteiger partial charge in [0, 0.05) is 25.1 Å². The highest BCUT2D eigenvalue weighted by atomic mass is 16.3. The highest BCUT2D eigenvalue weighted by Crippen LogP contribution is 2.29. The number of hydrogen-bond donors (Lipinski definition) is 1. The predicted octanol–water partition coefficient (Wildman–Crippen LogP) is 3.44. The number of rotatable bonds is 4. The van der Waals surface area contributed by atoms with Crippen molar-refractivity contribution >= 4 is 5.91 Å². The average Bonchev–Trinajstić information content (AvgIpc) is 3.28. The van der Waals surface area contributed by atoms with E-state index in [1.165, 1.54) is 11.1 Å². The second-order valence-corrected chi connectivity index (χ2v) is 6.61. The molecule has 0 spiro atoms. The average molecular weight is 335 g/mol. The predicted molar refractivity (Wildman–Crippen MR) is 94.3 cm³/mol. The molecule has 0 radical (unpaired) electrons. The van der Waals surface area contributed by atoms with E-state index in [0.29, 0.717) is 18.2 Å². The van der Waals surface area contributed by atoms with Crippen LogP contribution in [0.5, 0.6) is 0 Å². The van der Waals surface area contributed by atoms with Crippen molar-refractivity contribution in [2.45, 2.75) is 38.8 Å². The molecule has 0 saturated carbocycles. The van der Waals surface area contributed by atoms with E-state index >= 15 is 0 Å². The number of aromatic nitrogens is 2. The number of carbonyl (C=O) groups is 1. The van der Waals surface area contributed by atoms with Gasteiger partial charge in [0.25, 0.3) is 5.91 Å². The number of furan rings is 1. The van der Waals surface area contributed by atoms with E-state index in [-0.39, 0.29) is 5.91 Å². The molecular weight excluding hydrogens is 314 g/mol. The molecule has 1 N–H and O–H groups in total. The third-order valence-electron chi connectivity index (χ3n) is 4.74. The van der Waals surface area contributed by atoms with Crippen LogP contribution >= 0.6 is 0 Å². The van der Waals surface area contributed by atoms with Crippen LogP contribution in [0.1, 0.15) is 45.5 Å². The Morgan fingerprint density at radius 2 is 2.28 bits per heavy atom. The van der Waals surface area contributed by atoms with Gasteiger partial charge in [0.05, 0.1) is 12.8 Å². The number of aryl methyl sites for hydroxylation is 2. The number of benzene rings is 1. The summed E-state index contributed by atoms with van der Waals surface area (Å²) in [5.41, 5.74) is 3.13. The van der Waals surface area contributed by atoms with Gasteiger partial charge < -0.3 is 14.3 Å². The number of fused-ring (bicyclic) bond motifs is 1. The van der Waals surface area contributed by atoms with Crippen molar-refractivity contribution in [3.8, 4) is 0 Å². The summed E-state index contributed by atoms with van der Waals surface area (Å²) in [6.07, 6.45) is 5.43. The summed E-state index contributed by atoms with van der Waals surface area (Å²) in [7, 11) is 0. The van der Waals surface area contributed by atoms with Gasteiger partial charge in [-0.05, 0) is 31.0 Å². The Bertz CT molecular complexity index is 880. The second-order valence-electron chi connectivity index (χ2n) is 6.61. The molecule has 0 saturated heterocycles. The molecule has 1 aromatic carbocycles. The van der Waals surface area contributed by atoms with Gasteiger partial charge in [-0.15, -0.1) is 0 Å². The second kappa shape index (κ2) is 6.59. The lowest BCUT2D eigenvalue weighted by atomic mass is 9.91. The molecule has 3 heterocycles. The molecule has 1 unspecified atom stereocenters. The first-order valence-electron chi connectivity index (χ1n) is 8.62. The first-order valence-corrected chi connectivity index (χ1v) is 8.62. The minimum atomic E-state index is -0.162. The van der Waals surface area contributed by atoms with Gasteiger partial charge in [0.1, 0.15) is 17.3 Å². The van der Waals surface area contributed by atoms with E-state index < -0.39 is 0 Å². The maximum Gasteiger partial charge on any atom is 0.271 e. The van der Waals surface area contributed by atoms with Crippen LogP contribution in [0.4, 0.5) is 0 Å². The largest absolute Gasteiger partial charge is 0.467 e. The highest BCUT2D eigenvalue weighted by Gasteiger charge is 2.23. The van der Waals surface area contributed by atoms with E-state index in [1.807, 2.05) is 18.3 Å². The molecule has 0 aliphatic carbocycles. The van der Waals surface area contributed by atoms with Gasteiger partial charge >= 0.3 is 0 Å². The Morgan fingerprint density at radius 3 is 3.08 bits per heavy atom. The van der Waals surface area contributed by atoms with Crippen molar-refractivity contribution in [2.24, 2.45) is 0 Å². The molecule has 1 amide bonds. The molecule has 1 atom stereocenters. The molecule has 2 aromatic heterocycles. The van der Waals surface area contributed by atoms with Crippen molar-refractivity contribution in [3.63, 3.8) is 0 Å². The van der Waals surface area contributed by atoms with E-state index in [4.69, 9.17) is 4.42 Å². The van der Waals surface area contributed by atoms with Gasteiger partial charge in [-0.2, -0.15) is 0 Å². The summed E-state index contributed by atoms with van der Waals surface area (Å²) in [5.74, 6) is 2.04. The summed E-state index contributed by atoms with van der Waals surface area (Å²) in [6, 6.07) is 12.3. The van der Waals surface area contributed by atoms with Gasteiger partial charge in [0.2, 0.25) is 0 Å². The van der Waals surface area contributed by atoms with Crippen molar-refractivity contribution in [1.82, 2.24) is 14.9 Å². The molecule has 0 fully saturated rings. The zero-order valence-corrected chi connectivity index (χ0v) is 14.2. The van der Waals surface area contributed by atoms with Crippen LogP contribution in [-0.4, -0.2) is 15.5 Å². The van der Waals surface area contributed by atoms with Gasteiger partial charge in [-0.1, -0.05) is 29.8 Å². The fourth-order valence-corrected chi connectivity index (χ4v) is 3.42. The summed E-state index contributed by atoms with van der Waals surface area (Å²) >= 11 is 0. The van der Waals surface area contributed by atoms with E-state index in [0.717, 1.165) is 31.0 Å². The molecule has 1 aliphatic rings. The summed E-state index contributed by atoms with van der Waals surface area (Å²) < 4.78 is 7.36. The lowest BCUT2D eigenvalue weighted by molar-refractivity contribution is 0.0943. The number of imidazole rings is 1. The third-order valence-corrected chi connectivity index (χ3v) is 4.74. The molecular formula is C20H21N3O2. The fraction of sp³-hybridized carbons (Fsp3) is 0.300. The van der Waals surface area contributed by atoms with E-state index in [1.54, 1.807) is 6.26 Å². The lowest BCUT2D eigenvalue weighted by Crippen LogP contribution is -2.22. The van der Waals surface area contributed by atoms with Crippen molar-refractivity contribution < 1.29 is 9.21 Å². The van der Waals surface area contributed by atoms with Crippen LogP contribution in [0, 0.1) is 6.92 Å². The van der Waals surface area contributed by atoms with Gasteiger partial charge in [-0.3, -0.25) is 4.79 Å². The Balaban J connectivity index is 1.46. The van der Waals surface area contributed by atoms with Gasteiger partial charge in [-0.25, -0.2) is 4.98 Å². The van der Waals surface area contributed by atoms with Gasteiger partial charge in [0.15, 0.2) is 0 Å². The van der Waals surface area contributed by atoms with E-state index in [9.17, 15) is 4.79 Å². The highest BCUT2D eigenvalue weighted by molar-refractivity contribution is 5.92. The standard InChI is InChI=1S/C20H21N3O2/c1-14-4-2-5-15(10-14)16-7-8-19-22-18(13-23(19)12-16)20(24)21-11-17-6-3-9-25-17/h2-6,9-10,13,16H,7-8,11-12H2,1H3,(H,21,24). The first-order chi connectivity index (χ1) is 12.2. The van der Waals surface area contributed by atoms with E-state index in [2.05, 4.69) is 46.1 Å². The SMILES string of the molecule is Cc1cccc(C2CCc3nc(C(=O)NCc4ccco4)cn3C2)c1. The summed E-state index contributed by atoms with van der Waals surface area (Å²) in [4.78, 5) is 16.8. The first kappa shape index (κ1) is 15.7. The minimum absolute atomic E-state index is 0.162. The Labute approximate surface area is 146 Å². The third kappa shape index (κ3) is 3.36. The number of hydrogen-bond acceptors (Lipinski definition) is 3. The Morgan fingerprint density at radius 1 is 1.36 bits per heavy atom. The maximum atomic E-state index is 12.3. The minimum Gasteiger partial charge on any atom is -0.467 e. The number of carbonyl (C=O) groups excluding carboxylic acids is 1. The van der Waals surface area contributed by atoms with Crippen molar-refractivity contribution in [2.75, 3.05) is 0 Å². The normalized spacial score (nSPS) is 16.4. The lowest BCUT2D eigenvalue weighted by Gasteiger charge is -2.24. The molecule has 1 aliphatic heterocycles. The summed E-state index contributed by atoms with van der Waals surface area (Å²) in [6.45, 7) is 3.37. The van der Waals surface area contributed by atoms with Crippen LogP contribution in [0.15, 0.2) is 53.3 Å². The molecule has 25 heavy (non-hydrogen) atoms. The van der Waals surface area contributed by atoms with Crippen molar-refractivity contribution in [3.05, 3.63) is 77.3 Å². The molecule has 4 rings (SSSR count). The van der Waals surface area contributed by atoms with Crippen LogP contribution in [-0.2, 0) is 19.5 Å². The monoisotopic (exact) mass is 335 g/mol. The topological polar surface area (TPSA) is 60.1 Å². The Hall–Kier alpha value is -2.82. The smallest absolute Gasteiger partial charge is 0.271 e. The molecule has 5 nitrogen and oxygen atoms in total. The van der Waals surface area contributed by atoms with Crippen LogP contribution in [0.2, 0.25) is 0 Å². The number of amides is 1. The maximum absolute atomic E-state index is 12.3. The molecule has 3 aromatic rings. The van der Waals surface area contributed by atoms with Crippen molar-refractivity contribution in [1.29, 1.82) is 0 Å². The van der Waals surface area contributed by atoms with Crippen LogP contribution < -0.4 is 5.32 Å². The number of nitrogens with zero attached hydrogens (tertiary/aromatic N) is 2. The number of nitrogens with one attached hydrogen (secondary N) is 1. The zero-order valence-electron chi connectivity index (χ0n) is 14.2. The molecule has 128 valence electrons. The Kier molecular flexibility index (Phi) is 4.14. The zero-order chi connectivity index (χ0) is 17.2. The van der Waals surface area contributed by atoms with Crippen LogP contribution in [0.3, 0.4) is 0 Å². The molecule has 0 bridgehead atoms.